The summed E-state index contributed by atoms with van der Waals surface area (Å²) in [7, 11) is 1.82. The fourth-order valence-corrected chi connectivity index (χ4v) is 3.82. The number of hydrogen-bond donors (Lipinski definition) is 2. The Kier molecular flexibility index (Phi) is 7.01. The van der Waals surface area contributed by atoms with Crippen LogP contribution in [0.3, 0.4) is 0 Å². The largest absolute Gasteiger partial charge is 0.493 e. The summed E-state index contributed by atoms with van der Waals surface area (Å²) in [5.41, 5.74) is 4.01. The summed E-state index contributed by atoms with van der Waals surface area (Å²) in [4.78, 5) is 38.7. The van der Waals surface area contributed by atoms with Gasteiger partial charge in [-0.05, 0) is 49.2 Å². The van der Waals surface area contributed by atoms with Crippen molar-refractivity contribution in [2.24, 2.45) is 5.92 Å². The van der Waals surface area contributed by atoms with Gasteiger partial charge in [0.2, 0.25) is 5.91 Å². The van der Waals surface area contributed by atoms with E-state index in [9.17, 15) is 9.59 Å². The Morgan fingerprint density at radius 1 is 1.18 bits per heavy atom. The van der Waals surface area contributed by atoms with Crippen molar-refractivity contribution in [1.82, 2.24) is 19.9 Å². The van der Waals surface area contributed by atoms with Crippen molar-refractivity contribution in [1.29, 1.82) is 0 Å². The predicted molar refractivity (Wildman–Crippen MR) is 130 cm³/mol. The molecule has 9 heteroatoms. The molecule has 3 amide bonds. The maximum Gasteiger partial charge on any atom is 0.324 e. The summed E-state index contributed by atoms with van der Waals surface area (Å²) in [6.07, 6.45) is 6.05. The predicted octanol–water partition coefficient (Wildman–Crippen LogP) is 3.91. The van der Waals surface area contributed by atoms with Crippen LogP contribution in [-0.4, -0.2) is 52.0 Å². The summed E-state index contributed by atoms with van der Waals surface area (Å²) < 4.78 is 6.05. The Balaban J connectivity index is 1.42. The minimum absolute atomic E-state index is 0.163. The Bertz CT molecular complexity index is 1180. The van der Waals surface area contributed by atoms with Gasteiger partial charge in [-0.15, -0.1) is 0 Å². The summed E-state index contributed by atoms with van der Waals surface area (Å²) in [5, 5.41) is 5.43. The number of carbonyl (C=O) groups excluding carboxylic acids is 2. The third-order valence-corrected chi connectivity index (χ3v) is 5.68. The van der Waals surface area contributed by atoms with E-state index in [0.717, 1.165) is 35.5 Å². The molecule has 9 nitrogen and oxygen atoms in total. The van der Waals surface area contributed by atoms with Crippen LogP contribution in [0.15, 0.2) is 48.9 Å². The second-order valence-electron chi connectivity index (χ2n) is 8.39. The fourth-order valence-electron chi connectivity index (χ4n) is 3.82. The van der Waals surface area contributed by atoms with Crippen LogP contribution < -0.4 is 15.4 Å². The summed E-state index contributed by atoms with van der Waals surface area (Å²) in [6, 6.07) is 9.04. The second kappa shape index (κ2) is 10.3. The van der Waals surface area contributed by atoms with E-state index in [1.54, 1.807) is 23.4 Å². The first-order valence-corrected chi connectivity index (χ1v) is 11.2. The maximum atomic E-state index is 12.3. The number of aryl methyl sites for hydroxylation is 2. The van der Waals surface area contributed by atoms with Gasteiger partial charge in [0.15, 0.2) is 5.82 Å². The van der Waals surface area contributed by atoms with Crippen LogP contribution in [-0.2, 0) is 11.2 Å². The molecule has 0 bridgehead atoms. The highest BCUT2D eigenvalue weighted by Gasteiger charge is 2.27. The number of ether oxygens (including phenoxy) is 1. The van der Waals surface area contributed by atoms with Gasteiger partial charge in [0.05, 0.1) is 36.6 Å². The maximum absolute atomic E-state index is 12.3. The zero-order chi connectivity index (χ0) is 24.1. The fraction of sp³-hybridized carbons (Fsp3) is 0.320. The minimum Gasteiger partial charge on any atom is -0.493 e. The van der Waals surface area contributed by atoms with Crippen molar-refractivity contribution in [3.05, 3.63) is 60.2 Å². The third kappa shape index (κ3) is 5.67. The summed E-state index contributed by atoms with van der Waals surface area (Å²) >= 11 is 0. The number of likely N-dealkylation sites (tertiary alicyclic amines) is 1. The number of nitrogens with zero attached hydrogens (tertiary/aromatic N) is 4. The van der Waals surface area contributed by atoms with E-state index in [1.807, 2.05) is 38.2 Å². The lowest BCUT2D eigenvalue weighted by molar-refractivity contribution is -0.126. The standard InChI is InChI=1S/C25H28N6O3/c1-4-18-10-19(6-8-22(18)34-15-17-9-24(32)31(3)14-17)21-12-26-13-23(29-21)30-25(33)28-20-7-5-16(2)27-11-20/h5-8,10-13,17H,4,9,14-15H2,1-3H3,(H2,28,29,30,33). The van der Waals surface area contributed by atoms with Crippen molar-refractivity contribution in [2.75, 3.05) is 30.8 Å². The molecule has 1 unspecified atom stereocenters. The molecule has 4 rings (SSSR count). The topological polar surface area (TPSA) is 109 Å². The molecule has 1 saturated heterocycles. The third-order valence-electron chi connectivity index (χ3n) is 5.68. The van der Waals surface area contributed by atoms with Crippen LogP contribution in [0.5, 0.6) is 5.75 Å². The highest BCUT2D eigenvalue weighted by atomic mass is 16.5. The molecule has 0 radical (unpaired) electrons. The van der Waals surface area contributed by atoms with Crippen LogP contribution >= 0.6 is 0 Å². The lowest BCUT2D eigenvalue weighted by Gasteiger charge is -2.15. The number of pyridine rings is 1. The van der Waals surface area contributed by atoms with Crippen molar-refractivity contribution in [2.45, 2.75) is 26.7 Å². The quantitative estimate of drug-likeness (QED) is 0.553. The Hall–Kier alpha value is -4.01. The molecule has 3 heterocycles. The zero-order valence-corrected chi connectivity index (χ0v) is 19.5. The molecule has 0 aliphatic carbocycles. The Morgan fingerprint density at radius 2 is 2.03 bits per heavy atom. The molecule has 1 fully saturated rings. The zero-order valence-electron chi connectivity index (χ0n) is 19.5. The molecular formula is C25H28N6O3. The van der Waals surface area contributed by atoms with Crippen molar-refractivity contribution < 1.29 is 14.3 Å². The van der Waals surface area contributed by atoms with Gasteiger partial charge in [0.1, 0.15) is 5.75 Å². The monoisotopic (exact) mass is 460 g/mol. The van der Waals surface area contributed by atoms with Crippen LogP contribution in [0.25, 0.3) is 11.3 Å². The Labute approximate surface area is 198 Å². The van der Waals surface area contributed by atoms with Crippen molar-refractivity contribution in [3.8, 4) is 17.0 Å². The number of rotatable bonds is 7. The minimum atomic E-state index is -0.425. The second-order valence-corrected chi connectivity index (χ2v) is 8.39. The van der Waals surface area contributed by atoms with Gasteiger partial charge in [-0.1, -0.05) is 6.92 Å². The molecule has 1 aliphatic heterocycles. The molecule has 1 atom stereocenters. The highest BCUT2D eigenvalue weighted by molar-refractivity contribution is 5.99. The highest BCUT2D eigenvalue weighted by Crippen LogP contribution is 2.28. The van der Waals surface area contributed by atoms with E-state index in [1.165, 1.54) is 6.20 Å². The normalized spacial score (nSPS) is 15.3. The van der Waals surface area contributed by atoms with Gasteiger partial charge in [-0.3, -0.25) is 20.1 Å². The van der Waals surface area contributed by atoms with Gasteiger partial charge in [0, 0.05) is 37.2 Å². The van der Waals surface area contributed by atoms with Crippen LogP contribution in [0.4, 0.5) is 16.3 Å². The van der Waals surface area contributed by atoms with Crippen molar-refractivity contribution >= 4 is 23.4 Å². The first-order valence-electron chi connectivity index (χ1n) is 11.2. The van der Waals surface area contributed by atoms with E-state index in [2.05, 4.69) is 32.5 Å². The summed E-state index contributed by atoms with van der Waals surface area (Å²) in [5.74, 6) is 1.51. The first-order chi connectivity index (χ1) is 16.4. The van der Waals surface area contributed by atoms with E-state index < -0.39 is 6.03 Å². The molecule has 0 saturated carbocycles. The van der Waals surface area contributed by atoms with Crippen LogP contribution in [0.2, 0.25) is 0 Å². The van der Waals surface area contributed by atoms with Crippen molar-refractivity contribution in [3.63, 3.8) is 0 Å². The average Bonchev–Trinajstić information content (AvgIpc) is 3.16. The SMILES string of the molecule is CCc1cc(-c2cncc(NC(=O)Nc3ccc(C)nc3)n2)ccc1OCC1CC(=O)N(C)C1. The number of hydrogen-bond acceptors (Lipinski definition) is 6. The van der Waals surface area contributed by atoms with E-state index >= 15 is 0 Å². The molecule has 3 aromatic rings. The lowest BCUT2D eigenvalue weighted by Crippen LogP contribution is -2.20. The number of urea groups is 1. The van der Waals surface area contributed by atoms with Gasteiger partial charge < -0.3 is 15.0 Å². The molecule has 176 valence electrons. The number of benzene rings is 1. The summed E-state index contributed by atoms with van der Waals surface area (Å²) in [6.45, 7) is 5.17. The van der Waals surface area contributed by atoms with Crippen LogP contribution in [0, 0.1) is 12.8 Å². The smallest absolute Gasteiger partial charge is 0.324 e. The number of amides is 3. The number of nitrogens with one attached hydrogen (secondary N) is 2. The average molecular weight is 461 g/mol. The van der Waals surface area contributed by atoms with Gasteiger partial charge in [-0.2, -0.15) is 0 Å². The van der Waals surface area contributed by atoms with Gasteiger partial charge in [0.25, 0.3) is 0 Å². The molecule has 1 aliphatic rings. The number of anilines is 2. The molecule has 0 spiro atoms. The van der Waals surface area contributed by atoms with Crippen LogP contribution in [0.1, 0.15) is 24.6 Å². The van der Waals surface area contributed by atoms with Gasteiger partial charge in [-0.25, -0.2) is 9.78 Å². The molecule has 2 aromatic heterocycles. The number of aromatic nitrogens is 3. The molecule has 2 N–H and O–H groups in total. The number of carbonyl (C=O) groups is 2. The Morgan fingerprint density at radius 3 is 2.74 bits per heavy atom. The van der Waals surface area contributed by atoms with E-state index in [-0.39, 0.29) is 11.8 Å². The van der Waals surface area contributed by atoms with E-state index in [0.29, 0.717) is 30.2 Å². The molecule has 1 aromatic carbocycles. The lowest BCUT2D eigenvalue weighted by atomic mass is 10.1. The first kappa shape index (κ1) is 23.2. The molecule has 34 heavy (non-hydrogen) atoms. The molecular weight excluding hydrogens is 432 g/mol. The van der Waals surface area contributed by atoms with E-state index in [4.69, 9.17) is 4.74 Å². The van der Waals surface area contributed by atoms with Gasteiger partial charge >= 0.3 is 6.03 Å².